The molecule has 0 aliphatic heterocycles. The van der Waals surface area contributed by atoms with Gasteiger partial charge in [-0.2, -0.15) is 0 Å². The fraction of sp³-hybridized carbons (Fsp3) is 0.267. The second kappa shape index (κ2) is 5.19. The molecule has 0 aromatic heterocycles. The molecule has 2 N–H and O–H groups in total. The first-order chi connectivity index (χ1) is 8.61. The van der Waals surface area contributed by atoms with Crippen LogP contribution in [0, 0.1) is 6.92 Å². The molecule has 0 unspecified atom stereocenters. The third-order valence-corrected chi connectivity index (χ3v) is 3.16. The minimum atomic E-state index is -0.197. The number of hydrogen-bond acceptors (Lipinski definition) is 2. The van der Waals surface area contributed by atoms with Gasteiger partial charge in [-0.15, -0.1) is 0 Å². The number of benzene rings is 2. The van der Waals surface area contributed by atoms with Gasteiger partial charge in [0.15, 0.2) is 0 Å². The zero-order chi connectivity index (χ0) is 13.1. The van der Waals surface area contributed by atoms with Crippen molar-refractivity contribution in [2.24, 2.45) is 0 Å². The van der Waals surface area contributed by atoms with E-state index in [0.717, 1.165) is 11.1 Å². The van der Waals surface area contributed by atoms with Crippen LogP contribution in [0.4, 0.5) is 5.69 Å². The van der Waals surface area contributed by atoms with E-state index in [2.05, 4.69) is 29.7 Å². The maximum Gasteiger partial charge on any atom is 0.241 e. The summed E-state index contributed by atoms with van der Waals surface area (Å²) in [7, 11) is 1.77. The highest BCUT2D eigenvalue weighted by molar-refractivity contribution is 5.97. The second-order valence-electron chi connectivity index (χ2n) is 4.51. The third kappa shape index (κ3) is 2.51. The number of hydrogen-bond donors (Lipinski definition) is 2. The van der Waals surface area contributed by atoms with E-state index in [9.17, 15) is 4.79 Å². The van der Waals surface area contributed by atoms with E-state index >= 15 is 0 Å². The fourth-order valence-electron chi connectivity index (χ4n) is 1.96. The first kappa shape index (κ1) is 12.6. The van der Waals surface area contributed by atoms with Crippen molar-refractivity contribution in [1.29, 1.82) is 0 Å². The molecule has 2 rings (SSSR count). The predicted octanol–water partition coefficient (Wildman–Crippen LogP) is 2.69. The minimum Gasteiger partial charge on any atom is -0.325 e. The van der Waals surface area contributed by atoms with Crippen molar-refractivity contribution in [2.45, 2.75) is 19.9 Å². The molecule has 3 nitrogen and oxygen atoms in total. The van der Waals surface area contributed by atoms with Crippen molar-refractivity contribution in [3.05, 3.63) is 42.0 Å². The van der Waals surface area contributed by atoms with Crippen molar-refractivity contribution in [1.82, 2.24) is 5.32 Å². The third-order valence-electron chi connectivity index (χ3n) is 3.16. The lowest BCUT2D eigenvalue weighted by atomic mass is 10.0. The largest absolute Gasteiger partial charge is 0.325 e. The average Bonchev–Trinajstić information content (AvgIpc) is 2.37. The van der Waals surface area contributed by atoms with Gasteiger partial charge in [0, 0.05) is 5.69 Å². The van der Waals surface area contributed by atoms with Crippen LogP contribution in [0.2, 0.25) is 0 Å². The van der Waals surface area contributed by atoms with Crippen molar-refractivity contribution in [2.75, 3.05) is 12.4 Å². The van der Waals surface area contributed by atoms with Crippen molar-refractivity contribution < 1.29 is 4.79 Å². The minimum absolute atomic E-state index is 0.0211. The molecule has 1 amide bonds. The first-order valence-corrected chi connectivity index (χ1v) is 6.09. The SMILES string of the molecule is CN[C@@H](C)C(=O)Nc1cc(C)c2ccccc2c1. The molecule has 0 saturated heterocycles. The topological polar surface area (TPSA) is 41.1 Å². The Morgan fingerprint density at radius 1 is 1.22 bits per heavy atom. The van der Waals surface area contributed by atoms with Crippen LogP contribution in [0.15, 0.2) is 36.4 Å². The normalized spacial score (nSPS) is 12.4. The summed E-state index contributed by atoms with van der Waals surface area (Å²) >= 11 is 0. The Balaban J connectivity index is 2.32. The highest BCUT2D eigenvalue weighted by Gasteiger charge is 2.10. The van der Waals surface area contributed by atoms with Crippen LogP contribution in [-0.4, -0.2) is 19.0 Å². The number of anilines is 1. The molecule has 0 saturated carbocycles. The molecule has 2 aromatic rings. The Labute approximate surface area is 107 Å². The lowest BCUT2D eigenvalue weighted by Crippen LogP contribution is -2.35. The predicted molar refractivity (Wildman–Crippen MR) is 75.8 cm³/mol. The molecule has 0 radical (unpaired) electrons. The average molecular weight is 242 g/mol. The van der Waals surface area contributed by atoms with Gasteiger partial charge in [0.05, 0.1) is 6.04 Å². The number of rotatable bonds is 3. The van der Waals surface area contributed by atoms with E-state index in [0.29, 0.717) is 0 Å². The van der Waals surface area contributed by atoms with E-state index in [-0.39, 0.29) is 11.9 Å². The quantitative estimate of drug-likeness (QED) is 0.869. The summed E-state index contributed by atoms with van der Waals surface area (Å²) in [4.78, 5) is 11.8. The molecule has 0 fully saturated rings. The summed E-state index contributed by atoms with van der Waals surface area (Å²) in [5.74, 6) is -0.0211. The van der Waals surface area contributed by atoms with Gasteiger partial charge in [-0.1, -0.05) is 24.3 Å². The van der Waals surface area contributed by atoms with Crippen LogP contribution in [0.25, 0.3) is 10.8 Å². The highest BCUT2D eigenvalue weighted by Crippen LogP contribution is 2.23. The van der Waals surface area contributed by atoms with Gasteiger partial charge in [0.25, 0.3) is 0 Å². The van der Waals surface area contributed by atoms with Crippen molar-refractivity contribution in [3.63, 3.8) is 0 Å². The Morgan fingerprint density at radius 2 is 1.94 bits per heavy atom. The second-order valence-corrected chi connectivity index (χ2v) is 4.51. The monoisotopic (exact) mass is 242 g/mol. The molecule has 18 heavy (non-hydrogen) atoms. The Kier molecular flexibility index (Phi) is 3.63. The van der Waals surface area contributed by atoms with Crippen LogP contribution in [0.3, 0.4) is 0 Å². The lowest BCUT2D eigenvalue weighted by Gasteiger charge is -2.12. The molecule has 0 aliphatic rings. The van der Waals surface area contributed by atoms with Crippen molar-refractivity contribution in [3.8, 4) is 0 Å². The molecule has 1 atom stereocenters. The van der Waals surface area contributed by atoms with Crippen LogP contribution in [-0.2, 0) is 4.79 Å². The molecule has 3 heteroatoms. The smallest absolute Gasteiger partial charge is 0.241 e. The maximum absolute atomic E-state index is 11.8. The van der Waals surface area contributed by atoms with E-state index < -0.39 is 0 Å². The number of nitrogens with one attached hydrogen (secondary N) is 2. The first-order valence-electron chi connectivity index (χ1n) is 6.09. The number of likely N-dealkylation sites (N-methyl/N-ethyl adjacent to an activating group) is 1. The van der Waals surface area contributed by atoms with E-state index in [1.165, 1.54) is 10.9 Å². The summed E-state index contributed by atoms with van der Waals surface area (Å²) < 4.78 is 0. The zero-order valence-corrected chi connectivity index (χ0v) is 10.9. The van der Waals surface area contributed by atoms with Crippen LogP contribution in [0.1, 0.15) is 12.5 Å². The molecule has 0 heterocycles. The molecule has 94 valence electrons. The summed E-state index contributed by atoms with van der Waals surface area (Å²) in [6.07, 6.45) is 0. The van der Waals surface area contributed by atoms with E-state index in [1.54, 1.807) is 7.05 Å². The summed E-state index contributed by atoms with van der Waals surface area (Å²) in [5, 5.41) is 8.21. The van der Waals surface area contributed by atoms with Gasteiger partial charge >= 0.3 is 0 Å². The lowest BCUT2D eigenvalue weighted by molar-refractivity contribution is -0.117. The number of aryl methyl sites for hydroxylation is 1. The highest BCUT2D eigenvalue weighted by atomic mass is 16.2. The molecular formula is C15H18N2O. The number of carbonyl (C=O) groups excluding carboxylic acids is 1. The van der Waals surface area contributed by atoms with Gasteiger partial charge in [0.1, 0.15) is 0 Å². The maximum atomic E-state index is 11.8. The van der Waals surface area contributed by atoms with Gasteiger partial charge in [0.2, 0.25) is 5.91 Å². The van der Waals surface area contributed by atoms with Gasteiger partial charge in [-0.05, 0) is 49.4 Å². The molecule has 0 aliphatic carbocycles. The van der Waals surface area contributed by atoms with Crippen LogP contribution in [0.5, 0.6) is 0 Å². The Bertz CT molecular complexity index is 578. The Morgan fingerprint density at radius 3 is 2.67 bits per heavy atom. The number of carbonyl (C=O) groups is 1. The molecule has 0 spiro atoms. The fourth-order valence-corrected chi connectivity index (χ4v) is 1.96. The summed E-state index contributed by atoms with van der Waals surface area (Å²) in [5.41, 5.74) is 2.01. The van der Waals surface area contributed by atoms with Crippen LogP contribution >= 0.6 is 0 Å². The van der Waals surface area contributed by atoms with Gasteiger partial charge in [-0.3, -0.25) is 4.79 Å². The Hall–Kier alpha value is -1.87. The van der Waals surface area contributed by atoms with Gasteiger partial charge in [-0.25, -0.2) is 0 Å². The number of fused-ring (bicyclic) bond motifs is 1. The van der Waals surface area contributed by atoms with Crippen molar-refractivity contribution >= 4 is 22.4 Å². The van der Waals surface area contributed by atoms with E-state index in [4.69, 9.17) is 0 Å². The molecular weight excluding hydrogens is 224 g/mol. The van der Waals surface area contributed by atoms with Crippen LogP contribution < -0.4 is 10.6 Å². The standard InChI is InChI=1S/C15H18N2O/c1-10-8-13(17-15(18)11(2)16-3)9-12-6-4-5-7-14(10)12/h4-9,11,16H,1-3H3,(H,17,18)/t11-/m0/s1. The van der Waals surface area contributed by atoms with E-state index in [1.807, 2.05) is 31.2 Å². The summed E-state index contributed by atoms with van der Waals surface area (Å²) in [6.45, 7) is 3.89. The summed E-state index contributed by atoms with van der Waals surface area (Å²) in [6, 6.07) is 12.0. The molecule has 2 aromatic carbocycles. The molecule has 0 bridgehead atoms. The van der Waals surface area contributed by atoms with Gasteiger partial charge < -0.3 is 10.6 Å². The number of amides is 1. The zero-order valence-electron chi connectivity index (χ0n) is 10.9.